The molecule has 0 fully saturated rings. The Morgan fingerprint density at radius 1 is 1.57 bits per heavy atom. The number of rotatable bonds is 3. The minimum absolute atomic E-state index is 0.0744. The summed E-state index contributed by atoms with van der Waals surface area (Å²) in [5.74, 6) is 0.194. The molecule has 6 heteroatoms. The highest BCUT2D eigenvalue weighted by Crippen LogP contribution is 2.20. The fourth-order valence-corrected chi connectivity index (χ4v) is 2.18. The Labute approximate surface area is 88.3 Å². The molecule has 14 heavy (non-hydrogen) atoms. The predicted molar refractivity (Wildman–Crippen MR) is 55.0 cm³/mol. The predicted octanol–water partition coefficient (Wildman–Crippen LogP) is 1.95. The Morgan fingerprint density at radius 2 is 2.14 bits per heavy atom. The molecule has 0 saturated carbocycles. The molecule has 0 aliphatic carbocycles. The zero-order chi connectivity index (χ0) is 10.9. The Balaban J connectivity index is 3.30. The van der Waals surface area contributed by atoms with E-state index in [1.54, 1.807) is 0 Å². The van der Waals surface area contributed by atoms with Gasteiger partial charge in [0, 0.05) is 17.2 Å². The molecule has 0 bridgehead atoms. The topological polar surface area (TPSA) is 52.0 Å². The van der Waals surface area contributed by atoms with Gasteiger partial charge >= 0.3 is 0 Å². The van der Waals surface area contributed by atoms with E-state index in [0.717, 1.165) is 5.69 Å². The minimum Gasteiger partial charge on any atom is -0.253 e. The van der Waals surface area contributed by atoms with Gasteiger partial charge in [0.05, 0.1) is 5.69 Å². The van der Waals surface area contributed by atoms with Crippen LogP contribution in [0.5, 0.6) is 0 Å². The van der Waals surface area contributed by atoms with E-state index in [1.165, 1.54) is 10.7 Å². The maximum atomic E-state index is 11.2. The van der Waals surface area contributed by atoms with Crippen molar-refractivity contribution in [3.63, 3.8) is 0 Å². The fourth-order valence-electron chi connectivity index (χ4n) is 1.12. The third kappa shape index (κ3) is 2.27. The number of aryl methyl sites for hydroxylation is 1. The Kier molecular flexibility index (Phi) is 3.21. The summed E-state index contributed by atoms with van der Waals surface area (Å²) in [6, 6.07) is 1.52. The van der Waals surface area contributed by atoms with Gasteiger partial charge in [-0.2, -0.15) is 5.10 Å². The largest absolute Gasteiger partial charge is 0.278 e. The highest BCUT2D eigenvalue weighted by Gasteiger charge is 2.19. The molecule has 0 radical (unpaired) electrons. The van der Waals surface area contributed by atoms with Crippen LogP contribution in [-0.2, 0) is 15.6 Å². The van der Waals surface area contributed by atoms with E-state index in [0.29, 0.717) is 6.54 Å². The second kappa shape index (κ2) is 3.90. The molecule has 0 aliphatic heterocycles. The maximum Gasteiger partial charge on any atom is 0.278 e. The first-order chi connectivity index (χ1) is 6.36. The second-order valence-corrected chi connectivity index (χ2v) is 5.83. The Hall–Kier alpha value is -0.550. The normalized spacial score (nSPS) is 12.4. The van der Waals surface area contributed by atoms with Gasteiger partial charge in [0.15, 0.2) is 5.03 Å². The van der Waals surface area contributed by atoms with Gasteiger partial charge in [0.25, 0.3) is 9.05 Å². The van der Waals surface area contributed by atoms with Crippen molar-refractivity contribution in [2.75, 3.05) is 0 Å². The molecule has 0 N–H and O–H groups in total. The van der Waals surface area contributed by atoms with Crippen molar-refractivity contribution in [3.05, 3.63) is 11.8 Å². The summed E-state index contributed by atoms with van der Waals surface area (Å²) < 4.78 is 23.7. The van der Waals surface area contributed by atoms with Crippen molar-refractivity contribution in [3.8, 4) is 0 Å². The van der Waals surface area contributed by atoms with E-state index < -0.39 is 9.05 Å². The summed E-state index contributed by atoms with van der Waals surface area (Å²) in [5, 5.41) is 4.22. The monoisotopic (exact) mass is 236 g/mol. The summed E-state index contributed by atoms with van der Waals surface area (Å²) in [4.78, 5) is 0. The highest BCUT2D eigenvalue weighted by atomic mass is 35.7. The molecule has 1 aromatic heterocycles. The first-order valence-corrected chi connectivity index (χ1v) is 6.69. The number of hydrogen-bond acceptors (Lipinski definition) is 3. The van der Waals surface area contributed by atoms with Crippen LogP contribution in [0.3, 0.4) is 0 Å². The molecular formula is C8H13ClN2O2S. The number of hydrogen-bond donors (Lipinski definition) is 0. The van der Waals surface area contributed by atoms with E-state index in [1.807, 2.05) is 20.8 Å². The van der Waals surface area contributed by atoms with Crippen LogP contribution in [0.15, 0.2) is 11.1 Å². The molecule has 80 valence electrons. The standard InChI is InChI=1S/C8H13ClN2O2S/c1-4-11-8(14(9,12)13)5-7(10-11)6(2)3/h5-6H,4H2,1-3H3. The summed E-state index contributed by atoms with van der Waals surface area (Å²) >= 11 is 0. The van der Waals surface area contributed by atoms with Crippen molar-refractivity contribution in [1.82, 2.24) is 9.78 Å². The van der Waals surface area contributed by atoms with Crippen LogP contribution in [0, 0.1) is 0 Å². The molecule has 1 aromatic rings. The molecule has 0 aliphatic rings. The van der Waals surface area contributed by atoms with Gasteiger partial charge in [0.2, 0.25) is 0 Å². The molecular weight excluding hydrogens is 224 g/mol. The van der Waals surface area contributed by atoms with Crippen molar-refractivity contribution in [2.45, 2.75) is 38.3 Å². The van der Waals surface area contributed by atoms with E-state index >= 15 is 0 Å². The smallest absolute Gasteiger partial charge is 0.253 e. The lowest BCUT2D eigenvalue weighted by Crippen LogP contribution is -2.05. The summed E-state index contributed by atoms with van der Waals surface area (Å²) in [6.45, 7) is 6.22. The van der Waals surface area contributed by atoms with Gasteiger partial charge in [-0.05, 0) is 18.9 Å². The maximum absolute atomic E-state index is 11.2. The SMILES string of the molecule is CCn1nc(C(C)C)cc1S(=O)(=O)Cl. The van der Waals surface area contributed by atoms with E-state index in [2.05, 4.69) is 5.10 Å². The molecule has 0 atom stereocenters. The first kappa shape index (κ1) is 11.5. The molecule has 0 spiro atoms. The first-order valence-electron chi connectivity index (χ1n) is 4.38. The lowest BCUT2D eigenvalue weighted by Gasteiger charge is -1.99. The zero-order valence-corrected chi connectivity index (χ0v) is 9.93. The van der Waals surface area contributed by atoms with Gasteiger partial charge in [-0.15, -0.1) is 0 Å². The quantitative estimate of drug-likeness (QED) is 0.754. The second-order valence-electron chi connectivity index (χ2n) is 3.32. The summed E-state index contributed by atoms with van der Waals surface area (Å²) in [6.07, 6.45) is 0. The fraction of sp³-hybridized carbons (Fsp3) is 0.625. The number of nitrogens with zero attached hydrogens (tertiary/aromatic N) is 2. The molecule has 0 unspecified atom stereocenters. The van der Waals surface area contributed by atoms with Gasteiger partial charge in [-0.3, -0.25) is 4.68 Å². The molecule has 1 heterocycles. The minimum atomic E-state index is -3.69. The van der Waals surface area contributed by atoms with Crippen LogP contribution in [0.25, 0.3) is 0 Å². The van der Waals surface area contributed by atoms with Crippen LogP contribution in [0.2, 0.25) is 0 Å². The Morgan fingerprint density at radius 3 is 2.43 bits per heavy atom. The van der Waals surface area contributed by atoms with Crippen molar-refractivity contribution in [1.29, 1.82) is 0 Å². The third-order valence-corrected chi connectivity index (χ3v) is 3.21. The van der Waals surface area contributed by atoms with Crippen LogP contribution in [0.1, 0.15) is 32.4 Å². The number of aromatic nitrogens is 2. The molecule has 0 aromatic carbocycles. The van der Waals surface area contributed by atoms with Gasteiger partial charge in [-0.1, -0.05) is 13.8 Å². The zero-order valence-electron chi connectivity index (χ0n) is 8.36. The average molecular weight is 237 g/mol. The van der Waals surface area contributed by atoms with Gasteiger partial charge < -0.3 is 0 Å². The van der Waals surface area contributed by atoms with Gasteiger partial charge in [-0.25, -0.2) is 8.42 Å². The van der Waals surface area contributed by atoms with Crippen LogP contribution < -0.4 is 0 Å². The number of halogens is 1. The Bertz CT molecular complexity index is 423. The molecule has 4 nitrogen and oxygen atoms in total. The third-order valence-electron chi connectivity index (χ3n) is 1.90. The van der Waals surface area contributed by atoms with Crippen LogP contribution in [-0.4, -0.2) is 18.2 Å². The van der Waals surface area contributed by atoms with Crippen LogP contribution in [0.4, 0.5) is 0 Å². The lowest BCUT2D eigenvalue weighted by atomic mass is 10.1. The molecule has 0 saturated heterocycles. The van der Waals surface area contributed by atoms with Crippen molar-refractivity contribution in [2.24, 2.45) is 0 Å². The van der Waals surface area contributed by atoms with E-state index in [-0.39, 0.29) is 10.9 Å². The highest BCUT2D eigenvalue weighted by molar-refractivity contribution is 8.13. The van der Waals surface area contributed by atoms with E-state index in [9.17, 15) is 8.42 Å². The average Bonchev–Trinajstić information content (AvgIpc) is 2.46. The van der Waals surface area contributed by atoms with Crippen LogP contribution >= 0.6 is 10.7 Å². The molecule has 1 rings (SSSR count). The summed E-state index contributed by atoms with van der Waals surface area (Å²) in [5.41, 5.74) is 0.742. The van der Waals surface area contributed by atoms with Crippen molar-refractivity contribution >= 4 is 19.7 Å². The summed E-state index contributed by atoms with van der Waals surface area (Å²) in [7, 11) is 1.59. The van der Waals surface area contributed by atoms with Gasteiger partial charge in [0.1, 0.15) is 0 Å². The van der Waals surface area contributed by atoms with E-state index in [4.69, 9.17) is 10.7 Å². The van der Waals surface area contributed by atoms with Crippen molar-refractivity contribution < 1.29 is 8.42 Å². The lowest BCUT2D eigenvalue weighted by molar-refractivity contribution is 0.558. The molecule has 0 amide bonds.